The number of aliphatic hydroxyl groups is 1. The van der Waals surface area contributed by atoms with Gasteiger partial charge in [0.05, 0.1) is 12.1 Å². The highest BCUT2D eigenvalue weighted by molar-refractivity contribution is 5.84. The van der Waals surface area contributed by atoms with Crippen molar-refractivity contribution in [3.8, 4) is 0 Å². The number of unbranched alkanes of at least 4 members (excludes halogenated alkanes) is 3. The summed E-state index contributed by atoms with van der Waals surface area (Å²) in [5.74, 6) is 0.531. The van der Waals surface area contributed by atoms with Crippen molar-refractivity contribution < 1.29 is 19.8 Å². The molecule has 0 saturated heterocycles. The molecule has 242 valence electrons. The molecule has 2 heterocycles. The van der Waals surface area contributed by atoms with Gasteiger partial charge in [0.25, 0.3) is 0 Å². The Morgan fingerprint density at radius 3 is 2.47 bits per heavy atom. The van der Waals surface area contributed by atoms with E-state index in [0.717, 1.165) is 75.5 Å². The van der Waals surface area contributed by atoms with Crippen LogP contribution in [0.1, 0.15) is 82.1 Å². The minimum absolute atomic E-state index is 0.0416. The van der Waals surface area contributed by atoms with Crippen LogP contribution >= 0.6 is 0 Å². The summed E-state index contributed by atoms with van der Waals surface area (Å²) in [5.41, 5.74) is 8.08. The van der Waals surface area contributed by atoms with E-state index in [-0.39, 0.29) is 24.6 Å². The number of fused-ring (bicyclic) bond motifs is 1. The van der Waals surface area contributed by atoms with Crippen LogP contribution in [-0.2, 0) is 9.59 Å². The molecule has 0 spiro atoms. The number of benzene rings is 2. The van der Waals surface area contributed by atoms with E-state index in [2.05, 4.69) is 63.1 Å². The number of H-pyrrole nitrogens is 1. The SMILES string of the molecule is NC1=NCCC(C(=CC(=O)O)C(CCC(CCCCCCC(C=O)CCCO)c2ccc3ccccc3c2)Nc2ccc[nH]2)N1. The van der Waals surface area contributed by atoms with E-state index in [1.807, 2.05) is 18.3 Å². The molecule has 0 aliphatic carbocycles. The van der Waals surface area contributed by atoms with Gasteiger partial charge in [-0.25, -0.2) is 4.79 Å². The summed E-state index contributed by atoms with van der Waals surface area (Å²) in [6.07, 6.45) is 14.1. The van der Waals surface area contributed by atoms with Gasteiger partial charge >= 0.3 is 5.97 Å². The fourth-order valence-corrected chi connectivity index (χ4v) is 6.47. The van der Waals surface area contributed by atoms with Gasteiger partial charge < -0.3 is 36.4 Å². The third kappa shape index (κ3) is 10.8. The number of nitrogens with two attached hydrogens (primary N) is 1. The van der Waals surface area contributed by atoms with Crippen molar-refractivity contribution in [3.05, 3.63) is 78.0 Å². The molecule has 4 atom stereocenters. The zero-order chi connectivity index (χ0) is 31.9. The minimum Gasteiger partial charge on any atom is -0.478 e. The largest absolute Gasteiger partial charge is 0.478 e. The van der Waals surface area contributed by atoms with Crippen LogP contribution < -0.4 is 16.4 Å². The maximum absolute atomic E-state index is 12.0. The average Bonchev–Trinajstić information content (AvgIpc) is 3.56. The summed E-state index contributed by atoms with van der Waals surface area (Å²) in [4.78, 5) is 30.9. The van der Waals surface area contributed by atoms with E-state index in [0.29, 0.717) is 31.3 Å². The van der Waals surface area contributed by atoms with E-state index >= 15 is 0 Å². The monoisotopic (exact) mass is 615 g/mol. The second kappa shape index (κ2) is 18.0. The van der Waals surface area contributed by atoms with Crippen LogP contribution in [0.4, 0.5) is 5.82 Å². The molecule has 0 amide bonds. The Balaban J connectivity index is 1.49. The summed E-state index contributed by atoms with van der Waals surface area (Å²) in [5, 5.41) is 28.2. The molecule has 3 aromatic rings. The van der Waals surface area contributed by atoms with Gasteiger partial charge in [0.15, 0.2) is 5.96 Å². The van der Waals surface area contributed by atoms with Gasteiger partial charge in [-0.05, 0) is 84.9 Å². The lowest BCUT2D eigenvalue weighted by Gasteiger charge is -2.32. The number of nitrogens with zero attached hydrogens (tertiary/aromatic N) is 1. The second-order valence-corrected chi connectivity index (χ2v) is 12.2. The third-order valence-electron chi connectivity index (χ3n) is 8.90. The molecule has 9 heteroatoms. The van der Waals surface area contributed by atoms with Gasteiger partial charge in [0.2, 0.25) is 0 Å². The molecule has 4 unspecified atom stereocenters. The number of nitrogens with one attached hydrogen (secondary N) is 3. The third-order valence-corrected chi connectivity index (χ3v) is 8.90. The average molecular weight is 616 g/mol. The zero-order valence-corrected chi connectivity index (χ0v) is 26.2. The number of hydrogen-bond acceptors (Lipinski definition) is 7. The number of aromatic nitrogens is 1. The summed E-state index contributed by atoms with van der Waals surface area (Å²) in [6, 6.07) is 18.6. The van der Waals surface area contributed by atoms with E-state index in [9.17, 15) is 14.7 Å². The Morgan fingerprint density at radius 2 is 1.76 bits per heavy atom. The summed E-state index contributed by atoms with van der Waals surface area (Å²) < 4.78 is 0. The van der Waals surface area contributed by atoms with Crippen LogP contribution in [0, 0.1) is 5.92 Å². The number of anilines is 1. The molecule has 1 aromatic heterocycles. The van der Waals surface area contributed by atoms with Gasteiger partial charge in [0.1, 0.15) is 12.1 Å². The predicted octanol–water partition coefficient (Wildman–Crippen LogP) is 6.13. The number of carbonyl (C=O) groups excluding carboxylic acids is 1. The second-order valence-electron chi connectivity index (χ2n) is 12.2. The van der Waals surface area contributed by atoms with Crippen LogP contribution in [0.2, 0.25) is 0 Å². The number of guanidine groups is 1. The molecular formula is C36H49N5O4. The molecular weight excluding hydrogens is 566 g/mol. The van der Waals surface area contributed by atoms with E-state index in [4.69, 9.17) is 10.8 Å². The Kier molecular flexibility index (Phi) is 13.5. The van der Waals surface area contributed by atoms with Gasteiger partial charge in [-0.3, -0.25) is 4.99 Å². The van der Waals surface area contributed by atoms with Gasteiger partial charge in [-0.15, -0.1) is 0 Å². The number of carbonyl (C=O) groups is 2. The lowest BCUT2D eigenvalue weighted by molar-refractivity contribution is -0.131. The summed E-state index contributed by atoms with van der Waals surface area (Å²) in [6.45, 7) is 0.680. The normalized spacial score (nSPS) is 17.2. The van der Waals surface area contributed by atoms with Crippen molar-refractivity contribution in [1.29, 1.82) is 0 Å². The van der Waals surface area contributed by atoms with Gasteiger partial charge in [-0.1, -0.05) is 68.1 Å². The lowest BCUT2D eigenvalue weighted by Crippen LogP contribution is -2.48. The molecule has 1 aliphatic heterocycles. The van der Waals surface area contributed by atoms with E-state index in [1.54, 1.807) is 0 Å². The molecule has 9 nitrogen and oxygen atoms in total. The number of aliphatic imine (C=N–C) groups is 1. The predicted molar refractivity (Wildman–Crippen MR) is 181 cm³/mol. The van der Waals surface area contributed by atoms with E-state index < -0.39 is 5.97 Å². The minimum atomic E-state index is -0.981. The Labute approximate surface area is 266 Å². The maximum Gasteiger partial charge on any atom is 0.328 e. The molecule has 1 aliphatic rings. The van der Waals surface area contributed by atoms with Crippen molar-refractivity contribution in [2.75, 3.05) is 18.5 Å². The van der Waals surface area contributed by atoms with E-state index in [1.165, 1.54) is 22.4 Å². The number of aliphatic hydroxyl groups excluding tert-OH is 1. The zero-order valence-electron chi connectivity index (χ0n) is 26.2. The van der Waals surface area contributed by atoms with Crippen LogP contribution in [0.5, 0.6) is 0 Å². The molecule has 45 heavy (non-hydrogen) atoms. The quantitative estimate of drug-likeness (QED) is 0.0508. The van der Waals surface area contributed by atoms with Crippen LogP contribution in [0.25, 0.3) is 10.8 Å². The first-order chi connectivity index (χ1) is 22.0. The number of rotatable bonds is 20. The smallest absolute Gasteiger partial charge is 0.328 e. The highest BCUT2D eigenvalue weighted by Crippen LogP contribution is 2.33. The van der Waals surface area contributed by atoms with Crippen molar-refractivity contribution in [3.63, 3.8) is 0 Å². The molecule has 0 saturated carbocycles. The van der Waals surface area contributed by atoms with Crippen molar-refractivity contribution in [1.82, 2.24) is 10.3 Å². The molecule has 0 radical (unpaired) electrons. The molecule has 0 bridgehead atoms. The fraction of sp³-hybridized carbons (Fsp3) is 0.472. The number of aldehydes is 1. The first kappa shape index (κ1) is 33.8. The summed E-state index contributed by atoms with van der Waals surface area (Å²) >= 11 is 0. The standard InChI is InChI=1S/C36H49N5O4/c37-36-39-21-19-33(41-36)31(24-35(44)45)32(40-34-14-7-20-38-34)18-17-28(30-16-15-27-12-5-6-13-29(27)23-30)11-4-2-1-3-9-26(25-43)10-8-22-42/h5-7,12-16,20,23-26,28,32-33,38,40,42H,1-4,8-11,17-19,21-22H2,(H,44,45)(H3,37,39,41). The number of aromatic amines is 1. The number of aliphatic carboxylic acids is 1. The van der Waals surface area contributed by atoms with Crippen LogP contribution in [-0.4, -0.2) is 58.6 Å². The highest BCUT2D eigenvalue weighted by Gasteiger charge is 2.27. The highest BCUT2D eigenvalue weighted by atomic mass is 16.4. The first-order valence-electron chi connectivity index (χ1n) is 16.4. The van der Waals surface area contributed by atoms with Crippen molar-refractivity contribution >= 4 is 34.8 Å². The number of carboxylic acids is 1. The lowest BCUT2D eigenvalue weighted by atomic mass is 9.84. The first-order valence-corrected chi connectivity index (χ1v) is 16.4. The summed E-state index contributed by atoms with van der Waals surface area (Å²) in [7, 11) is 0. The Bertz CT molecular complexity index is 1400. The fourth-order valence-electron chi connectivity index (χ4n) is 6.47. The Hall–Kier alpha value is -4.11. The number of carboxylic acid groups (broad SMARTS) is 1. The molecule has 4 rings (SSSR count). The van der Waals surface area contributed by atoms with Crippen molar-refractivity contribution in [2.24, 2.45) is 16.6 Å². The number of hydrogen-bond donors (Lipinski definition) is 6. The molecule has 0 fully saturated rings. The molecule has 2 aromatic carbocycles. The van der Waals surface area contributed by atoms with Crippen LogP contribution in [0.15, 0.2) is 77.4 Å². The molecule has 7 N–H and O–H groups in total. The van der Waals surface area contributed by atoms with Gasteiger partial charge in [-0.2, -0.15) is 0 Å². The topological polar surface area (TPSA) is 153 Å². The maximum atomic E-state index is 12.0. The van der Waals surface area contributed by atoms with Crippen molar-refractivity contribution in [2.45, 2.75) is 88.6 Å². The van der Waals surface area contributed by atoms with Crippen LogP contribution in [0.3, 0.4) is 0 Å². The Morgan fingerprint density at radius 1 is 0.978 bits per heavy atom. The van der Waals surface area contributed by atoms with Gasteiger partial charge in [0, 0.05) is 31.3 Å².